The topological polar surface area (TPSA) is 161 Å². The quantitative estimate of drug-likeness (QED) is 0.106. The molecule has 11 rings (SSSR count). The van der Waals surface area contributed by atoms with Gasteiger partial charge in [-0.15, -0.1) is 16.9 Å². The Labute approximate surface area is 431 Å². The molecule has 2 saturated heterocycles. The van der Waals surface area contributed by atoms with Gasteiger partial charge in [0, 0.05) is 54.5 Å². The van der Waals surface area contributed by atoms with E-state index in [1.165, 1.54) is 12.0 Å². The monoisotopic (exact) mass is 1010 g/mol. The lowest BCUT2D eigenvalue weighted by molar-refractivity contribution is -0.146. The van der Waals surface area contributed by atoms with Crippen molar-refractivity contribution in [3.05, 3.63) is 116 Å². The zero-order valence-electron chi connectivity index (χ0n) is 42.3. The van der Waals surface area contributed by atoms with Crippen LogP contribution in [0, 0.1) is 24.2 Å². The number of hydrogen-bond donors (Lipinski definition) is 4. The Morgan fingerprint density at radius 2 is 1.71 bits per heavy atom. The van der Waals surface area contributed by atoms with Gasteiger partial charge in [-0.25, -0.2) is 9.97 Å². The van der Waals surface area contributed by atoms with Crippen LogP contribution in [0.1, 0.15) is 145 Å². The van der Waals surface area contributed by atoms with E-state index < -0.39 is 23.6 Å². The second-order valence-electron chi connectivity index (χ2n) is 22.8. The Hall–Kier alpha value is -5.19. The van der Waals surface area contributed by atoms with Gasteiger partial charge in [-0.2, -0.15) is 4.98 Å². The van der Waals surface area contributed by atoms with Gasteiger partial charge in [-0.3, -0.25) is 24.0 Å². The molecular weight excluding hydrogens is 944 g/mol. The molecule has 2 saturated carbocycles. The summed E-state index contributed by atoms with van der Waals surface area (Å²) in [5.41, 5.74) is 14.9. The average Bonchev–Trinajstić information content (AvgIpc) is 4.18. The van der Waals surface area contributed by atoms with E-state index in [2.05, 4.69) is 61.2 Å². The number of rotatable bonds is 10. The van der Waals surface area contributed by atoms with E-state index in [4.69, 9.17) is 21.6 Å². The molecule has 14 nitrogen and oxygen atoms in total. The Morgan fingerprint density at radius 1 is 0.958 bits per heavy atom. The van der Waals surface area contributed by atoms with Gasteiger partial charge in [0.15, 0.2) is 0 Å². The molecule has 7 heterocycles. The van der Waals surface area contributed by atoms with Crippen LogP contribution in [0.5, 0.6) is 0 Å². The molecular formula is C56H69ClN10O4S. The number of allylic oxidation sites excluding steroid dienone is 1. The minimum Gasteiger partial charge on any atom is -0.391 e. The van der Waals surface area contributed by atoms with Crippen molar-refractivity contribution in [3.63, 3.8) is 0 Å². The van der Waals surface area contributed by atoms with Crippen molar-refractivity contribution in [1.82, 2.24) is 50.6 Å². The maximum Gasteiger partial charge on any atom is 0.282 e. The number of fused-ring (bicyclic) bond motifs is 7. The van der Waals surface area contributed by atoms with Crippen molar-refractivity contribution >= 4 is 45.7 Å². The van der Waals surface area contributed by atoms with E-state index >= 15 is 0 Å². The molecule has 0 bridgehead atoms. The molecule has 380 valence electrons. The first-order valence-electron chi connectivity index (χ1n) is 26.4. The number of amides is 2. The van der Waals surface area contributed by atoms with Crippen LogP contribution in [0.25, 0.3) is 27.2 Å². The molecule has 3 aromatic heterocycles. The Kier molecular flexibility index (Phi) is 13.3. The highest BCUT2D eigenvalue weighted by Crippen LogP contribution is 2.51. The number of benzene rings is 2. The number of likely N-dealkylation sites (tertiary alicyclic amines) is 2. The number of aliphatic hydroxyl groups excluding tert-OH is 1. The third kappa shape index (κ3) is 9.04. The summed E-state index contributed by atoms with van der Waals surface area (Å²) < 4.78 is 2.16. The van der Waals surface area contributed by atoms with Gasteiger partial charge in [0.2, 0.25) is 11.8 Å². The summed E-state index contributed by atoms with van der Waals surface area (Å²) >= 11 is 8.24. The predicted octanol–water partition coefficient (Wildman–Crippen LogP) is 8.84. The molecule has 5 aromatic rings. The number of halogens is 1. The van der Waals surface area contributed by atoms with E-state index in [1.807, 2.05) is 69.4 Å². The highest BCUT2D eigenvalue weighted by Gasteiger charge is 2.49. The maximum absolute atomic E-state index is 14.7. The normalized spacial score (nSPS) is 24.2. The van der Waals surface area contributed by atoms with Crippen LogP contribution < -0.4 is 21.8 Å². The SMILES string of the molecule is Cc1ncsc1-c1ccc([C@H](C)NC(=O)[C@@H]2C[C@@H](O)CN2C(=O)[C@@H](N2C=C(C3CCC(CN4CCC(c5ccc6c(n5)-n5c(nc(=O)c7c(Cl)cccc75)C65CCCCC5)CC4)CC3)NN2)C(C)(C)C)cc1. The van der Waals surface area contributed by atoms with Gasteiger partial charge < -0.3 is 25.6 Å². The molecule has 4 N–H and O–H groups in total. The van der Waals surface area contributed by atoms with Crippen molar-refractivity contribution in [2.24, 2.45) is 17.3 Å². The molecule has 4 aliphatic heterocycles. The number of aromatic nitrogens is 4. The molecule has 0 radical (unpaired) electrons. The van der Waals surface area contributed by atoms with Crippen LogP contribution in [0.15, 0.2) is 76.8 Å². The number of aliphatic hydroxyl groups is 1. The Bertz CT molecular complexity index is 2950. The highest BCUT2D eigenvalue weighted by atomic mass is 35.5. The number of β-amino-alcohol motifs (C(OH)–C–C–N with tert-alkyl or cyclic N) is 1. The number of carbonyl (C=O) groups excluding carboxylic acids is 2. The second kappa shape index (κ2) is 19.6. The van der Waals surface area contributed by atoms with Crippen LogP contribution in [-0.4, -0.2) is 95.6 Å². The number of nitrogens with one attached hydrogen (secondary N) is 3. The standard InChI is InChI=1S/C56H69ClN10O4S/c1-33(36-16-18-39(19-17-36)48-34(2)58-32-72-48)59-51(69)46-28-40(68)30-65(46)53(71)49(55(3,4)5)66-31-44(62-63-66)37-14-12-35(13-15-37)29-64-26-22-38(23-27-64)43-21-20-41-50(60-43)67-45-11-9-10-42(57)47(45)52(70)61-54(67)56(41)24-7-6-8-25-56/h9-11,16-21,31-33,35,37-38,40,46,49,62-63,68H,6-8,12-15,22-30H2,1-5H3,(H,59,69)/t33-,35?,37?,40+,46-,49+/m0/s1. The predicted molar refractivity (Wildman–Crippen MR) is 282 cm³/mol. The van der Waals surface area contributed by atoms with E-state index in [0.717, 1.165) is 134 Å². The van der Waals surface area contributed by atoms with Crippen LogP contribution in [0.4, 0.5) is 0 Å². The summed E-state index contributed by atoms with van der Waals surface area (Å²) in [7, 11) is 0. The molecule has 2 aromatic carbocycles. The molecule has 1 spiro atoms. The van der Waals surface area contributed by atoms with Gasteiger partial charge >= 0.3 is 0 Å². The van der Waals surface area contributed by atoms with Crippen LogP contribution in [0.3, 0.4) is 0 Å². The summed E-state index contributed by atoms with van der Waals surface area (Å²) in [5, 5.41) is 16.8. The minimum atomic E-state index is -0.788. The van der Waals surface area contributed by atoms with E-state index in [0.29, 0.717) is 28.2 Å². The summed E-state index contributed by atoms with van der Waals surface area (Å²) in [6.07, 6.45) is 13.4. The van der Waals surface area contributed by atoms with E-state index in [9.17, 15) is 19.5 Å². The number of thiazole rings is 1. The number of nitrogens with zero attached hydrogens (tertiary/aromatic N) is 7. The first kappa shape index (κ1) is 49.0. The fourth-order valence-corrected chi connectivity index (χ4v) is 14.2. The van der Waals surface area contributed by atoms with Crippen molar-refractivity contribution in [1.29, 1.82) is 0 Å². The largest absolute Gasteiger partial charge is 0.391 e. The molecule has 2 amide bonds. The van der Waals surface area contributed by atoms with Crippen LogP contribution in [-0.2, 0) is 15.0 Å². The number of carbonyl (C=O) groups is 2. The van der Waals surface area contributed by atoms with Gasteiger partial charge in [0.05, 0.1) is 49.6 Å². The lowest BCUT2D eigenvalue weighted by atomic mass is 9.70. The summed E-state index contributed by atoms with van der Waals surface area (Å²) in [4.78, 5) is 62.0. The van der Waals surface area contributed by atoms with Crippen molar-refractivity contribution < 1.29 is 14.7 Å². The van der Waals surface area contributed by atoms with E-state index in [-0.39, 0.29) is 41.8 Å². The van der Waals surface area contributed by atoms with Crippen molar-refractivity contribution in [3.8, 4) is 16.3 Å². The smallest absolute Gasteiger partial charge is 0.282 e. The minimum absolute atomic E-state index is 0.108. The van der Waals surface area contributed by atoms with Crippen molar-refractivity contribution in [2.45, 2.75) is 147 Å². The molecule has 4 atom stereocenters. The first-order valence-corrected chi connectivity index (χ1v) is 27.7. The first-order chi connectivity index (χ1) is 34.7. The third-order valence-electron chi connectivity index (χ3n) is 17.0. The highest BCUT2D eigenvalue weighted by molar-refractivity contribution is 7.13. The molecule has 6 aliphatic rings. The van der Waals surface area contributed by atoms with Crippen molar-refractivity contribution in [2.75, 3.05) is 26.2 Å². The van der Waals surface area contributed by atoms with Gasteiger partial charge in [-0.05, 0) is 119 Å². The summed E-state index contributed by atoms with van der Waals surface area (Å²) in [6, 6.07) is 16.7. The fraction of sp³-hybridized carbons (Fsp3) is 0.536. The lowest BCUT2D eigenvalue weighted by Gasteiger charge is -2.39. The molecule has 16 heteroatoms. The summed E-state index contributed by atoms with van der Waals surface area (Å²) in [5.74, 6) is 2.66. The zero-order valence-corrected chi connectivity index (χ0v) is 43.9. The molecule has 4 fully saturated rings. The van der Waals surface area contributed by atoms with Crippen LogP contribution in [0.2, 0.25) is 5.02 Å². The Morgan fingerprint density at radius 3 is 2.42 bits per heavy atom. The van der Waals surface area contributed by atoms with E-state index in [1.54, 1.807) is 22.3 Å². The Balaban J connectivity index is 0.697. The number of pyridine rings is 1. The number of piperidine rings is 1. The lowest BCUT2D eigenvalue weighted by Crippen LogP contribution is -2.59. The fourth-order valence-electron chi connectivity index (χ4n) is 13.2. The van der Waals surface area contributed by atoms with Gasteiger partial charge in [0.25, 0.3) is 5.56 Å². The molecule has 0 unspecified atom stereocenters. The zero-order chi connectivity index (χ0) is 50.1. The van der Waals surface area contributed by atoms with Gasteiger partial charge in [-0.1, -0.05) is 88.0 Å². The average molecular weight is 1010 g/mol. The molecule has 72 heavy (non-hydrogen) atoms. The summed E-state index contributed by atoms with van der Waals surface area (Å²) in [6.45, 7) is 13.4. The number of aryl methyl sites for hydroxylation is 1. The molecule has 2 aliphatic carbocycles. The van der Waals surface area contributed by atoms with Gasteiger partial charge in [0.1, 0.15) is 23.7 Å². The maximum atomic E-state index is 14.7. The second-order valence-corrected chi connectivity index (χ2v) is 24.0. The third-order valence-corrected chi connectivity index (χ3v) is 18.3. The number of hydrogen-bond acceptors (Lipinski definition) is 12. The van der Waals surface area contributed by atoms with Crippen LogP contribution >= 0.6 is 22.9 Å². The number of hydrazine groups is 2.